The zero-order valence-electron chi connectivity index (χ0n) is 25.0. The number of phenols is 1. The first kappa shape index (κ1) is 29.4. The van der Waals surface area contributed by atoms with Gasteiger partial charge in [-0.25, -0.2) is 0 Å². The van der Waals surface area contributed by atoms with Gasteiger partial charge in [-0.3, -0.25) is 14.5 Å². The molecule has 3 heterocycles. The Kier molecular flexibility index (Phi) is 8.55. The van der Waals surface area contributed by atoms with E-state index in [1.165, 1.54) is 16.0 Å². The monoisotopic (exact) mass is 597 g/mol. The SMILES string of the molecule is CC/C(=C\c1cc(C)c(O)c(C)c1)CC[C@H]1OC[C@H]2C1=C(COc1ccccc1)C[C@H]1C(=O)N(Cc3cccs3)C(=O)[C@H]12. The summed E-state index contributed by atoms with van der Waals surface area (Å²) in [4.78, 5) is 29.9. The average Bonchev–Trinajstić information content (AvgIpc) is 3.74. The van der Waals surface area contributed by atoms with Gasteiger partial charge < -0.3 is 14.6 Å². The van der Waals surface area contributed by atoms with E-state index in [0.29, 0.717) is 31.9 Å². The maximum absolute atomic E-state index is 13.8. The molecule has 0 radical (unpaired) electrons. The quantitative estimate of drug-likeness (QED) is 0.197. The summed E-state index contributed by atoms with van der Waals surface area (Å²) in [5.41, 5.74) is 6.41. The zero-order valence-corrected chi connectivity index (χ0v) is 25.9. The topological polar surface area (TPSA) is 76.1 Å². The van der Waals surface area contributed by atoms with Crippen LogP contribution in [-0.2, 0) is 20.9 Å². The van der Waals surface area contributed by atoms with Gasteiger partial charge in [-0.05, 0) is 103 Å². The molecule has 0 bridgehead atoms. The number of thiophene rings is 1. The molecule has 43 heavy (non-hydrogen) atoms. The van der Waals surface area contributed by atoms with E-state index in [0.717, 1.165) is 52.2 Å². The van der Waals surface area contributed by atoms with Crippen LogP contribution >= 0.6 is 11.3 Å². The number of aryl methyl sites for hydroxylation is 2. The lowest BCUT2D eigenvalue weighted by Gasteiger charge is -2.31. The number of amides is 2. The van der Waals surface area contributed by atoms with E-state index < -0.39 is 0 Å². The third-order valence-electron chi connectivity index (χ3n) is 9.22. The number of carbonyl (C=O) groups excluding carboxylic acids is 2. The van der Waals surface area contributed by atoms with E-state index in [1.54, 1.807) is 11.3 Å². The number of hydrogen-bond donors (Lipinski definition) is 1. The number of phenolic OH excluding ortho intramolecular Hbond substituents is 1. The van der Waals surface area contributed by atoms with Crippen molar-refractivity contribution in [3.63, 3.8) is 0 Å². The average molecular weight is 598 g/mol. The second kappa shape index (κ2) is 12.5. The van der Waals surface area contributed by atoms with Gasteiger partial charge in [0, 0.05) is 10.8 Å². The van der Waals surface area contributed by atoms with Crippen LogP contribution in [0.1, 0.15) is 54.2 Å². The summed E-state index contributed by atoms with van der Waals surface area (Å²) in [5, 5.41) is 12.2. The minimum Gasteiger partial charge on any atom is -0.507 e. The molecule has 0 spiro atoms. The van der Waals surface area contributed by atoms with Crippen molar-refractivity contribution in [1.29, 1.82) is 0 Å². The standard InChI is InChI=1S/C36H39NO5S/c1-4-24(17-25-15-22(2)34(38)23(3)16-25)12-13-31-32-26(20-41-27-9-6-5-7-10-27)18-29-33(30(32)21-42-31)36(40)37(35(29)39)19-28-11-8-14-43-28/h5-11,14-17,29-31,33,38H,4,12-13,18-21H2,1-3H3/b24-17+/t29-,30+,31-,33-/m1/s1. The molecule has 3 aliphatic rings. The summed E-state index contributed by atoms with van der Waals surface area (Å²) in [6.45, 7) is 7.19. The molecule has 2 amide bonds. The molecule has 224 valence electrons. The van der Waals surface area contributed by atoms with Crippen molar-refractivity contribution < 1.29 is 24.2 Å². The molecule has 6 rings (SSSR count). The van der Waals surface area contributed by atoms with E-state index in [2.05, 4.69) is 13.0 Å². The molecule has 3 aromatic rings. The molecule has 2 aliphatic heterocycles. The normalized spacial score (nSPS) is 23.6. The Labute approximate surface area is 257 Å². The summed E-state index contributed by atoms with van der Waals surface area (Å²) < 4.78 is 12.7. The highest BCUT2D eigenvalue weighted by molar-refractivity contribution is 7.09. The molecule has 1 aliphatic carbocycles. The van der Waals surface area contributed by atoms with Crippen molar-refractivity contribution >= 4 is 29.2 Å². The Hall–Kier alpha value is -3.68. The molecule has 7 heteroatoms. The third-order valence-corrected chi connectivity index (χ3v) is 10.1. The number of imide groups is 1. The van der Waals surface area contributed by atoms with Gasteiger partial charge in [-0.15, -0.1) is 11.3 Å². The summed E-state index contributed by atoms with van der Waals surface area (Å²) in [6.07, 6.45) is 5.19. The van der Waals surface area contributed by atoms with Crippen LogP contribution in [0.3, 0.4) is 0 Å². The fraction of sp³-hybridized carbons (Fsp3) is 0.389. The number of benzene rings is 2. The van der Waals surface area contributed by atoms with Crippen molar-refractivity contribution in [3.05, 3.63) is 98.3 Å². The molecule has 0 saturated carbocycles. The van der Waals surface area contributed by atoms with Gasteiger partial charge >= 0.3 is 0 Å². The number of para-hydroxylation sites is 1. The molecule has 1 aromatic heterocycles. The molecule has 2 aromatic carbocycles. The molecule has 0 unspecified atom stereocenters. The summed E-state index contributed by atoms with van der Waals surface area (Å²) >= 11 is 1.57. The van der Waals surface area contributed by atoms with Crippen molar-refractivity contribution in [2.24, 2.45) is 17.8 Å². The van der Waals surface area contributed by atoms with Crippen LogP contribution in [-0.4, -0.2) is 41.1 Å². The second-order valence-corrected chi connectivity index (χ2v) is 13.0. The number of ether oxygens (including phenoxy) is 2. The Balaban J connectivity index is 1.25. The fourth-order valence-electron chi connectivity index (χ4n) is 7.05. The van der Waals surface area contributed by atoms with Crippen LogP contribution in [0.25, 0.3) is 6.08 Å². The van der Waals surface area contributed by atoms with Crippen molar-refractivity contribution in [2.75, 3.05) is 13.2 Å². The first-order valence-corrected chi connectivity index (χ1v) is 16.1. The highest BCUT2D eigenvalue weighted by Crippen LogP contribution is 2.50. The molecule has 2 saturated heterocycles. The van der Waals surface area contributed by atoms with Crippen LogP contribution in [0.4, 0.5) is 0 Å². The summed E-state index contributed by atoms with van der Waals surface area (Å²) in [6, 6.07) is 17.7. The summed E-state index contributed by atoms with van der Waals surface area (Å²) in [5.74, 6) is 0.140. The van der Waals surface area contributed by atoms with Gasteiger partial charge in [-0.1, -0.05) is 42.8 Å². The lowest BCUT2D eigenvalue weighted by Crippen LogP contribution is -2.35. The highest BCUT2D eigenvalue weighted by atomic mass is 32.1. The molecular formula is C36H39NO5S. The number of hydrogen-bond acceptors (Lipinski definition) is 6. The number of allylic oxidation sites excluding steroid dienone is 1. The van der Waals surface area contributed by atoms with Crippen molar-refractivity contribution in [1.82, 2.24) is 4.90 Å². The maximum atomic E-state index is 13.8. The Morgan fingerprint density at radius 2 is 1.84 bits per heavy atom. The number of rotatable bonds is 10. The van der Waals surface area contributed by atoms with Crippen LogP contribution in [0.15, 0.2) is 76.7 Å². The van der Waals surface area contributed by atoms with Crippen molar-refractivity contribution in [3.8, 4) is 11.5 Å². The van der Waals surface area contributed by atoms with Gasteiger partial charge in [0.25, 0.3) is 0 Å². The van der Waals surface area contributed by atoms with E-state index in [4.69, 9.17) is 9.47 Å². The third kappa shape index (κ3) is 5.93. The predicted octanol–water partition coefficient (Wildman–Crippen LogP) is 7.24. The highest BCUT2D eigenvalue weighted by Gasteiger charge is 2.57. The smallest absolute Gasteiger partial charge is 0.234 e. The van der Waals surface area contributed by atoms with E-state index in [-0.39, 0.29) is 35.7 Å². The van der Waals surface area contributed by atoms with Gasteiger partial charge in [0.05, 0.1) is 31.1 Å². The number of aromatic hydroxyl groups is 1. The van der Waals surface area contributed by atoms with Crippen LogP contribution in [0, 0.1) is 31.6 Å². The molecule has 4 atom stereocenters. The molecular weight excluding hydrogens is 558 g/mol. The Morgan fingerprint density at radius 1 is 1.07 bits per heavy atom. The zero-order chi connectivity index (χ0) is 30.1. The molecule has 1 N–H and O–H groups in total. The van der Waals surface area contributed by atoms with Gasteiger partial charge in [0.2, 0.25) is 11.8 Å². The molecule has 6 nitrogen and oxygen atoms in total. The second-order valence-electron chi connectivity index (χ2n) is 12.0. The first-order chi connectivity index (χ1) is 20.8. The van der Waals surface area contributed by atoms with E-state index in [9.17, 15) is 14.7 Å². The fourth-order valence-corrected chi connectivity index (χ4v) is 7.74. The largest absolute Gasteiger partial charge is 0.507 e. The van der Waals surface area contributed by atoms with Crippen LogP contribution in [0.2, 0.25) is 0 Å². The number of nitrogens with zero attached hydrogens (tertiary/aromatic N) is 1. The van der Waals surface area contributed by atoms with E-state index >= 15 is 0 Å². The minimum atomic E-state index is -0.378. The van der Waals surface area contributed by atoms with Crippen LogP contribution < -0.4 is 4.74 Å². The Bertz CT molecular complexity index is 1530. The first-order valence-electron chi connectivity index (χ1n) is 15.2. The van der Waals surface area contributed by atoms with Crippen molar-refractivity contribution in [2.45, 2.75) is 59.1 Å². The maximum Gasteiger partial charge on any atom is 0.234 e. The van der Waals surface area contributed by atoms with Crippen LogP contribution in [0.5, 0.6) is 11.5 Å². The van der Waals surface area contributed by atoms with Gasteiger partial charge in [-0.2, -0.15) is 0 Å². The number of carbonyl (C=O) groups is 2. The predicted molar refractivity (Wildman–Crippen MR) is 169 cm³/mol. The van der Waals surface area contributed by atoms with E-state index in [1.807, 2.05) is 73.8 Å². The number of fused-ring (bicyclic) bond motifs is 3. The number of likely N-dealkylation sites (tertiary alicyclic amines) is 1. The van der Waals surface area contributed by atoms with Gasteiger partial charge in [0.15, 0.2) is 0 Å². The van der Waals surface area contributed by atoms with Gasteiger partial charge in [0.1, 0.15) is 18.1 Å². The Morgan fingerprint density at radius 3 is 2.53 bits per heavy atom. The molecule has 2 fully saturated rings. The lowest BCUT2D eigenvalue weighted by molar-refractivity contribution is -0.140. The summed E-state index contributed by atoms with van der Waals surface area (Å²) in [7, 11) is 0. The lowest BCUT2D eigenvalue weighted by atomic mass is 9.69. The minimum absolute atomic E-state index is 0.0645.